The topological polar surface area (TPSA) is 237 Å². The predicted molar refractivity (Wildman–Crippen MR) is 358 cm³/mol. The van der Waals surface area contributed by atoms with Gasteiger partial charge in [-0.1, -0.05) is 311 Å². The van der Waals surface area contributed by atoms with Crippen molar-refractivity contribution in [2.24, 2.45) is 5.92 Å². The van der Waals surface area contributed by atoms with Gasteiger partial charge in [0.1, 0.15) is 19.3 Å². The highest BCUT2D eigenvalue weighted by molar-refractivity contribution is 7.47. The van der Waals surface area contributed by atoms with Crippen LogP contribution in [0.15, 0.2) is 0 Å². The number of unbranched alkanes of at least 4 members (excludes halogenated alkanes) is 41. The number of carbonyl (C=O) groups is 4. The van der Waals surface area contributed by atoms with Gasteiger partial charge in [-0.2, -0.15) is 0 Å². The molecule has 528 valence electrons. The van der Waals surface area contributed by atoms with Crippen molar-refractivity contribution in [1.29, 1.82) is 0 Å². The molecule has 0 aromatic heterocycles. The summed E-state index contributed by atoms with van der Waals surface area (Å²) in [6.07, 6.45) is 50.6. The molecule has 0 aromatic carbocycles. The molecule has 6 atom stereocenters. The molecule has 0 aliphatic heterocycles. The van der Waals surface area contributed by atoms with Crippen molar-refractivity contribution >= 4 is 39.5 Å². The zero-order chi connectivity index (χ0) is 65.6. The van der Waals surface area contributed by atoms with Crippen molar-refractivity contribution in [2.75, 3.05) is 39.6 Å². The van der Waals surface area contributed by atoms with Crippen LogP contribution in [0.25, 0.3) is 0 Å². The van der Waals surface area contributed by atoms with Gasteiger partial charge in [0, 0.05) is 25.7 Å². The molecule has 0 heterocycles. The number of hydrogen-bond acceptors (Lipinski definition) is 15. The van der Waals surface area contributed by atoms with Gasteiger partial charge >= 0.3 is 39.5 Å². The van der Waals surface area contributed by atoms with Gasteiger partial charge in [-0.15, -0.1) is 0 Å². The second-order valence-corrected chi connectivity index (χ2v) is 28.4. The molecule has 0 bridgehead atoms. The summed E-state index contributed by atoms with van der Waals surface area (Å²) in [5.41, 5.74) is 0. The summed E-state index contributed by atoms with van der Waals surface area (Å²) in [5, 5.41) is 10.5. The minimum atomic E-state index is -4.95. The molecule has 0 radical (unpaired) electrons. The van der Waals surface area contributed by atoms with Gasteiger partial charge in [0.2, 0.25) is 0 Å². The number of phosphoric ester groups is 2. The van der Waals surface area contributed by atoms with E-state index in [1.165, 1.54) is 180 Å². The lowest BCUT2D eigenvalue weighted by Crippen LogP contribution is -2.30. The summed E-state index contributed by atoms with van der Waals surface area (Å²) in [6, 6.07) is 0. The second kappa shape index (κ2) is 63.5. The molecule has 19 heteroatoms. The monoisotopic (exact) mass is 1310 g/mol. The van der Waals surface area contributed by atoms with Crippen molar-refractivity contribution in [3.8, 4) is 0 Å². The third kappa shape index (κ3) is 63.2. The van der Waals surface area contributed by atoms with Crippen molar-refractivity contribution in [2.45, 2.75) is 380 Å². The van der Waals surface area contributed by atoms with Gasteiger partial charge in [-0.25, -0.2) is 9.13 Å². The Bertz CT molecular complexity index is 1720. The predicted octanol–water partition coefficient (Wildman–Crippen LogP) is 20.1. The molecule has 0 spiro atoms. The molecule has 0 aliphatic carbocycles. The average Bonchev–Trinajstić information content (AvgIpc) is 3.60. The van der Waals surface area contributed by atoms with Crippen molar-refractivity contribution in [3.63, 3.8) is 0 Å². The van der Waals surface area contributed by atoms with Crippen LogP contribution in [0.2, 0.25) is 0 Å². The minimum absolute atomic E-state index is 0.102. The molecule has 89 heavy (non-hydrogen) atoms. The van der Waals surface area contributed by atoms with E-state index in [0.717, 1.165) is 102 Å². The van der Waals surface area contributed by atoms with E-state index in [-0.39, 0.29) is 25.7 Å². The number of phosphoric acid groups is 2. The lowest BCUT2D eigenvalue weighted by molar-refractivity contribution is -0.161. The zero-order valence-electron chi connectivity index (χ0n) is 57.6. The fourth-order valence-corrected chi connectivity index (χ4v) is 12.2. The number of hydrogen-bond donors (Lipinski definition) is 3. The number of aliphatic hydroxyl groups is 1. The molecule has 0 saturated carbocycles. The number of ether oxygens (including phenoxy) is 4. The summed E-state index contributed by atoms with van der Waals surface area (Å²) in [7, 11) is -9.89. The maximum absolute atomic E-state index is 13.0. The van der Waals surface area contributed by atoms with Gasteiger partial charge in [0.05, 0.1) is 26.4 Å². The van der Waals surface area contributed by atoms with Crippen LogP contribution in [0.5, 0.6) is 0 Å². The van der Waals surface area contributed by atoms with Gasteiger partial charge in [-0.05, 0) is 31.6 Å². The molecule has 0 saturated heterocycles. The van der Waals surface area contributed by atoms with Gasteiger partial charge in [-0.3, -0.25) is 37.3 Å². The highest BCUT2D eigenvalue weighted by atomic mass is 31.2. The SMILES string of the molecule is CCCCCCCCCCCCCCCCCCCCCCCC(=O)O[C@H](COC(=O)CCCCCCCCCCCCCCC)COP(=O)(O)OC[C@@H](O)COP(=O)(O)OC[C@@H](COC(=O)CCCCCCC)OC(=O)CCCCCCCCC(C)CC. The second-order valence-electron chi connectivity index (χ2n) is 25.5. The van der Waals surface area contributed by atoms with Crippen LogP contribution in [0.4, 0.5) is 0 Å². The highest BCUT2D eigenvalue weighted by Crippen LogP contribution is 2.45. The molecular weight excluding hydrogens is 1170 g/mol. The van der Waals surface area contributed by atoms with E-state index in [1.54, 1.807) is 0 Å². The summed E-state index contributed by atoms with van der Waals surface area (Å²) in [4.78, 5) is 72.2. The standard InChI is InChI=1S/C70H136O17P2/c1-6-10-13-16-18-20-22-24-25-26-27-28-29-30-31-33-35-37-39-45-50-55-69(74)86-66(60-81-68(73)54-49-44-38-36-34-32-23-21-19-17-14-11-7-2)62-85-89(78,79)83-58-64(71)57-82-88(76,77)84-61-65(59-80-67(72)53-48-42-15-12-8-3)87-70(75)56-51-46-41-40-43-47-52-63(5)9-4/h63-66,71H,6-62H2,1-5H3,(H,76,77)(H,78,79)/t63?,64-,65+,66+/m0/s1. The summed E-state index contributed by atoms with van der Waals surface area (Å²) in [5.74, 6) is -1.42. The highest BCUT2D eigenvalue weighted by Gasteiger charge is 2.30. The average molecular weight is 1310 g/mol. The Balaban J connectivity index is 5.11. The Morgan fingerprint density at radius 1 is 0.315 bits per heavy atom. The zero-order valence-corrected chi connectivity index (χ0v) is 59.4. The van der Waals surface area contributed by atoms with E-state index in [4.69, 9.17) is 37.0 Å². The fourth-order valence-electron chi connectivity index (χ4n) is 10.6. The Kier molecular flexibility index (Phi) is 62.1. The number of esters is 4. The van der Waals surface area contributed by atoms with Crippen LogP contribution in [0, 0.1) is 5.92 Å². The normalized spacial score (nSPS) is 14.4. The first-order valence-corrected chi connectivity index (χ1v) is 39.7. The molecular formula is C70H136O17P2. The van der Waals surface area contributed by atoms with Crippen molar-refractivity contribution in [1.82, 2.24) is 0 Å². The molecule has 0 amide bonds. The quantitative estimate of drug-likeness (QED) is 0.0222. The third-order valence-corrected chi connectivity index (χ3v) is 18.5. The van der Waals surface area contributed by atoms with Crippen LogP contribution in [-0.2, 0) is 65.4 Å². The van der Waals surface area contributed by atoms with Crippen LogP contribution in [0.3, 0.4) is 0 Å². The Morgan fingerprint density at radius 3 is 0.798 bits per heavy atom. The number of carbonyl (C=O) groups excluding carboxylic acids is 4. The van der Waals surface area contributed by atoms with E-state index in [0.29, 0.717) is 25.7 Å². The fraction of sp³-hybridized carbons (Fsp3) is 0.943. The van der Waals surface area contributed by atoms with Gasteiger partial charge in [0.25, 0.3) is 0 Å². The molecule has 0 aromatic rings. The maximum atomic E-state index is 13.0. The Labute approximate surface area is 543 Å². The van der Waals surface area contributed by atoms with Gasteiger partial charge < -0.3 is 33.8 Å². The third-order valence-electron chi connectivity index (χ3n) is 16.6. The molecule has 3 N–H and O–H groups in total. The van der Waals surface area contributed by atoms with E-state index >= 15 is 0 Å². The first-order chi connectivity index (χ1) is 43.1. The lowest BCUT2D eigenvalue weighted by Gasteiger charge is -2.21. The van der Waals surface area contributed by atoms with Crippen LogP contribution in [-0.4, -0.2) is 96.7 Å². The molecule has 17 nitrogen and oxygen atoms in total. The summed E-state index contributed by atoms with van der Waals surface area (Å²) < 4.78 is 68.0. The smallest absolute Gasteiger partial charge is 0.462 e. The first-order valence-electron chi connectivity index (χ1n) is 36.7. The first kappa shape index (κ1) is 87.1. The van der Waals surface area contributed by atoms with E-state index in [9.17, 15) is 43.2 Å². The van der Waals surface area contributed by atoms with Crippen molar-refractivity contribution < 1.29 is 80.2 Å². The number of rotatable bonds is 70. The van der Waals surface area contributed by atoms with E-state index in [2.05, 4.69) is 34.6 Å². The van der Waals surface area contributed by atoms with Gasteiger partial charge in [0.15, 0.2) is 12.2 Å². The van der Waals surface area contributed by atoms with Crippen LogP contribution >= 0.6 is 15.6 Å². The summed E-state index contributed by atoms with van der Waals surface area (Å²) in [6.45, 7) is 7.10. The van der Waals surface area contributed by atoms with E-state index < -0.39 is 97.5 Å². The van der Waals surface area contributed by atoms with Crippen molar-refractivity contribution in [3.05, 3.63) is 0 Å². The lowest BCUT2D eigenvalue weighted by atomic mass is 10.00. The molecule has 0 aliphatic rings. The van der Waals surface area contributed by atoms with Crippen LogP contribution in [0.1, 0.15) is 362 Å². The minimum Gasteiger partial charge on any atom is -0.462 e. The summed E-state index contributed by atoms with van der Waals surface area (Å²) >= 11 is 0. The maximum Gasteiger partial charge on any atom is 0.472 e. The molecule has 3 unspecified atom stereocenters. The largest absolute Gasteiger partial charge is 0.472 e. The number of aliphatic hydroxyl groups excluding tert-OH is 1. The molecule has 0 fully saturated rings. The van der Waals surface area contributed by atoms with Crippen LogP contribution < -0.4 is 0 Å². The Hall–Kier alpha value is -1.94. The Morgan fingerprint density at radius 2 is 0.539 bits per heavy atom. The molecule has 0 rings (SSSR count). The van der Waals surface area contributed by atoms with E-state index in [1.807, 2.05) is 0 Å².